The van der Waals surface area contributed by atoms with Gasteiger partial charge in [0.2, 0.25) is 0 Å². The fourth-order valence-electron chi connectivity index (χ4n) is 3.32. The number of alkyl halides is 1. The van der Waals surface area contributed by atoms with Gasteiger partial charge in [0.1, 0.15) is 17.3 Å². The van der Waals surface area contributed by atoms with E-state index < -0.39 is 28.7 Å². The number of aliphatic imine (C=N–C) groups is 1. The zero-order chi connectivity index (χ0) is 19.9. The van der Waals surface area contributed by atoms with Crippen molar-refractivity contribution in [2.24, 2.45) is 10.7 Å². The Balaban J connectivity index is 0.00000240. The quantitative estimate of drug-likeness (QED) is 0.759. The first kappa shape index (κ1) is 21.4. The van der Waals surface area contributed by atoms with Gasteiger partial charge in [0, 0.05) is 17.0 Å². The molecule has 1 amide bonds. The molecule has 29 heavy (non-hydrogen) atoms. The highest BCUT2D eigenvalue weighted by Crippen LogP contribution is 2.50. The summed E-state index contributed by atoms with van der Waals surface area (Å²) in [5.74, 6) is -1.90. The maximum atomic E-state index is 15.5. The van der Waals surface area contributed by atoms with Crippen LogP contribution in [0.5, 0.6) is 0 Å². The molecule has 2 aliphatic rings. The average Bonchev–Trinajstić information content (AvgIpc) is 3.01. The molecule has 1 fully saturated rings. The molecule has 0 saturated carbocycles. The van der Waals surface area contributed by atoms with Crippen LogP contribution in [0.1, 0.15) is 16.1 Å². The third-order valence-electron chi connectivity index (χ3n) is 4.76. The predicted molar refractivity (Wildman–Crippen MR) is 106 cm³/mol. The smallest absolute Gasteiger partial charge is 0.274 e. The van der Waals surface area contributed by atoms with Crippen molar-refractivity contribution in [1.29, 1.82) is 0 Å². The molecule has 0 spiro atoms. The van der Waals surface area contributed by atoms with E-state index in [1.54, 1.807) is 0 Å². The van der Waals surface area contributed by atoms with Crippen LogP contribution in [0.25, 0.3) is 0 Å². The lowest BCUT2D eigenvalue weighted by molar-refractivity contribution is 0.102. The van der Waals surface area contributed by atoms with Gasteiger partial charge in [0.15, 0.2) is 16.4 Å². The van der Waals surface area contributed by atoms with E-state index in [1.807, 2.05) is 0 Å². The van der Waals surface area contributed by atoms with Gasteiger partial charge in [-0.1, -0.05) is 11.8 Å². The number of rotatable bonds is 3. The molecule has 0 aliphatic carbocycles. The van der Waals surface area contributed by atoms with Gasteiger partial charge in [-0.05, 0) is 30.3 Å². The fraction of sp³-hybridized carbons (Fsp3) is 0.278. The van der Waals surface area contributed by atoms with Crippen LogP contribution in [0.4, 0.5) is 18.9 Å². The Labute approximate surface area is 174 Å². The number of amidine groups is 1. The number of amides is 1. The number of carbonyl (C=O) groups is 1. The molecule has 2 aliphatic heterocycles. The number of pyridine rings is 1. The van der Waals surface area contributed by atoms with Crippen molar-refractivity contribution in [2.75, 3.05) is 24.3 Å². The van der Waals surface area contributed by atoms with Gasteiger partial charge in [-0.15, -0.1) is 12.4 Å². The zero-order valence-electron chi connectivity index (χ0n) is 14.8. The van der Waals surface area contributed by atoms with E-state index in [0.29, 0.717) is 0 Å². The number of anilines is 1. The Hall–Kier alpha value is -2.30. The second-order valence-corrected chi connectivity index (χ2v) is 7.56. The first-order chi connectivity index (χ1) is 13.3. The molecule has 6 nitrogen and oxygen atoms in total. The minimum absolute atomic E-state index is 0. The van der Waals surface area contributed by atoms with Crippen LogP contribution < -0.4 is 11.1 Å². The molecule has 0 radical (unpaired) electrons. The lowest BCUT2D eigenvalue weighted by Gasteiger charge is -2.38. The van der Waals surface area contributed by atoms with Crippen molar-refractivity contribution in [2.45, 2.75) is 11.2 Å². The zero-order valence-corrected chi connectivity index (χ0v) is 16.5. The maximum Gasteiger partial charge on any atom is 0.274 e. The largest absolute Gasteiger partial charge is 0.379 e. The lowest BCUT2D eigenvalue weighted by Crippen LogP contribution is -2.52. The van der Waals surface area contributed by atoms with Crippen molar-refractivity contribution in [3.05, 3.63) is 59.4 Å². The average molecular weight is 445 g/mol. The number of nitrogens with two attached hydrogens (primary N) is 1. The summed E-state index contributed by atoms with van der Waals surface area (Å²) >= 11 is 1.05. The van der Waals surface area contributed by atoms with Crippen molar-refractivity contribution < 1.29 is 22.7 Å². The SMILES string of the molecule is Cl.NC1=N[C@@]2(c3cc(NC(=O)c4ccc(F)cn4)ccc3F)COC[C@@]2(F)CS1. The molecule has 2 atom stereocenters. The minimum Gasteiger partial charge on any atom is -0.379 e. The maximum absolute atomic E-state index is 15.5. The molecule has 3 N–H and O–H groups in total. The van der Waals surface area contributed by atoms with Crippen LogP contribution in [0.2, 0.25) is 0 Å². The number of carbonyl (C=O) groups excluding carboxylic acids is 1. The van der Waals surface area contributed by atoms with E-state index in [9.17, 15) is 13.6 Å². The van der Waals surface area contributed by atoms with Gasteiger partial charge in [-0.2, -0.15) is 0 Å². The summed E-state index contributed by atoms with van der Waals surface area (Å²) in [6, 6.07) is 6.07. The van der Waals surface area contributed by atoms with Crippen molar-refractivity contribution in [3.8, 4) is 0 Å². The molecule has 3 heterocycles. The normalized spacial score (nSPS) is 25.6. The summed E-state index contributed by atoms with van der Waals surface area (Å²) in [4.78, 5) is 20.2. The highest BCUT2D eigenvalue weighted by atomic mass is 35.5. The summed E-state index contributed by atoms with van der Waals surface area (Å²) in [6.45, 7) is -0.398. The Morgan fingerprint density at radius 1 is 1.24 bits per heavy atom. The molecular formula is C18H16ClF3N4O2S. The Morgan fingerprint density at radius 2 is 2.03 bits per heavy atom. The number of aromatic nitrogens is 1. The van der Waals surface area contributed by atoms with Crippen LogP contribution in [-0.2, 0) is 10.3 Å². The van der Waals surface area contributed by atoms with Crippen molar-refractivity contribution in [1.82, 2.24) is 4.98 Å². The summed E-state index contributed by atoms with van der Waals surface area (Å²) in [7, 11) is 0. The highest BCUT2D eigenvalue weighted by Gasteiger charge is 2.61. The van der Waals surface area contributed by atoms with E-state index in [4.69, 9.17) is 10.5 Å². The second kappa shape index (κ2) is 7.85. The molecule has 1 saturated heterocycles. The Bertz CT molecular complexity index is 978. The third kappa shape index (κ3) is 3.67. The molecule has 4 rings (SSSR count). The lowest BCUT2D eigenvalue weighted by atomic mass is 9.79. The number of hydrogen-bond donors (Lipinski definition) is 2. The van der Waals surface area contributed by atoms with E-state index in [1.165, 1.54) is 18.2 Å². The molecule has 0 bridgehead atoms. The Kier molecular flexibility index (Phi) is 5.79. The summed E-state index contributed by atoms with van der Waals surface area (Å²) in [5, 5.41) is 2.69. The molecule has 1 aromatic carbocycles. The first-order valence-electron chi connectivity index (χ1n) is 8.31. The summed E-state index contributed by atoms with van der Waals surface area (Å²) < 4.78 is 48.5. The number of hydrogen-bond acceptors (Lipinski definition) is 6. The monoisotopic (exact) mass is 444 g/mol. The van der Waals surface area contributed by atoms with E-state index in [-0.39, 0.29) is 53.5 Å². The third-order valence-corrected chi connectivity index (χ3v) is 5.75. The van der Waals surface area contributed by atoms with Crippen LogP contribution >= 0.6 is 24.2 Å². The van der Waals surface area contributed by atoms with E-state index in [2.05, 4.69) is 15.3 Å². The standard InChI is InChI=1S/C18H15F3N4O2S.ClH/c19-10-1-4-14(23-6-10)15(26)24-11-2-3-13(20)12(5-11)18-8-27-7-17(18,21)9-28-16(22)25-18;/h1-6H,7-9H2,(H2,22,25)(H,24,26);1H/t17-,18-;/m1./s1. The van der Waals surface area contributed by atoms with E-state index >= 15 is 4.39 Å². The van der Waals surface area contributed by atoms with Crippen LogP contribution in [0.3, 0.4) is 0 Å². The van der Waals surface area contributed by atoms with Gasteiger partial charge in [-0.25, -0.2) is 23.1 Å². The molecule has 1 aromatic heterocycles. The van der Waals surface area contributed by atoms with Gasteiger partial charge < -0.3 is 15.8 Å². The predicted octanol–water partition coefficient (Wildman–Crippen LogP) is 3.03. The summed E-state index contributed by atoms with van der Waals surface area (Å²) in [6.07, 6.45) is 0.911. The molecule has 11 heteroatoms. The second-order valence-electron chi connectivity index (χ2n) is 6.57. The number of benzene rings is 1. The molecule has 2 aromatic rings. The van der Waals surface area contributed by atoms with E-state index in [0.717, 1.165) is 30.1 Å². The summed E-state index contributed by atoms with van der Waals surface area (Å²) in [5.41, 5.74) is 2.37. The number of nitrogens with one attached hydrogen (secondary N) is 1. The highest BCUT2D eigenvalue weighted by molar-refractivity contribution is 8.13. The van der Waals surface area contributed by atoms with Crippen molar-refractivity contribution >= 4 is 40.9 Å². The number of ether oxygens (including phenoxy) is 1. The number of halogens is 4. The number of fused-ring (bicyclic) bond motifs is 1. The minimum atomic E-state index is -1.93. The fourth-order valence-corrected chi connectivity index (χ4v) is 4.24. The first-order valence-corrected chi connectivity index (χ1v) is 9.29. The van der Waals surface area contributed by atoms with Gasteiger partial charge in [-0.3, -0.25) is 4.79 Å². The number of thioether (sulfide) groups is 1. The molecule has 154 valence electrons. The van der Waals surface area contributed by atoms with Crippen LogP contribution in [0, 0.1) is 11.6 Å². The van der Waals surface area contributed by atoms with Crippen molar-refractivity contribution in [3.63, 3.8) is 0 Å². The van der Waals surface area contributed by atoms with Crippen LogP contribution in [-0.4, -0.2) is 40.7 Å². The molecule has 0 unspecified atom stereocenters. The van der Waals surface area contributed by atoms with Gasteiger partial charge >= 0.3 is 0 Å². The Morgan fingerprint density at radius 3 is 2.76 bits per heavy atom. The number of nitrogens with zero attached hydrogens (tertiary/aromatic N) is 2. The van der Waals surface area contributed by atoms with Gasteiger partial charge in [0.05, 0.1) is 19.4 Å². The van der Waals surface area contributed by atoms with Crippen LogP contribution in [0.15, 0.2) is 41.5 Å². The van der Waals surface area contributed by atoms with Gasteiger partial charge in [0.25, 0.3) is 5.91 Å². The molecular weight excluding hydrogens is 429 g/mol. The topological polar surface area (TPSA) is 89.6 Å².